The molecule has 0 saturated carbocycles. The minimum absolute atomic E-state index is 0.0328. The second-order valence-electron chi connectivity index (χ2n) is 4.50. The summed E-state index contributed by atoms with van der Waals surface area (Å²) in [5.41, 5.74) is 0.815. The van der Waals surface area contributed by atoms with Crippen LogP contribution in [0.15, 0.2) is 35.7 Å². The fourth-order valence-electron chi connectivity index (χ4n) is 1.93. The number of hydrogen-bond acceptors (Lipinski definition) is 5. The number of carboxylic acid groups (broad SMARTS) is 1. The molecule has 0 spiro atoms. The molecule has 1 aromatic carbocycles. The Balaban J connectivity index is 1.87. The molecule has 0 aliphatic rings. The zero-order valence-corrected chi connectivity index (χ0v) is 12.8. The summed E-state index contributed by atoms with van der Waals surface area (Å²) in [6.07, 6.45) is -0.179. The van der Waals surface area contributed by atoms with Crippen molar-refractivity contribution < 1.29 is 19.4 Å². The van der Waals surface area contributed by atoms with E-state index in [1.54, 1.807) is 0 Å². The Hall–Kier alpha value is -2.25. The van der Waals surface area contributed by atoms with Crippen molar-refractivity contribution in [3.63, 3.8) is 0 Å². The van der Waals surface area contributed by atoms with Gasteiger partial charge in [0.25, 0.3) is 5.91 Å². The van der Waals surface area contributed by atoms with Crippen LogP contribution in [0.2, 0.25) is 0 Å². The third kappa shape index (κ3) is 4.12. The van der Waals surface area contributed by atoms with Crippen LogP contribution in [0.5, 0.6) is 0 Å². The lowest BCUT2D eigenvalue weighted by Gasteiger charge is -2.15. The summed E-state index contributed by atoms with van der Waals surface area (Å²) in [4.78, 5) is 26.8. The second kappa shape index (κ2) is 7.67. The predicted molar refractivity (Wildman–Crippen MR) is 82.0 cm³/mol. The van der Waals surface area contributed by atoms with Gasteiger partial charge < -0.3 is 15.2 Å². The highest BCUT2D eigenvalue weighted by atomic mass is 32.1. The maximum Gasteiger partial charge on any atom is 0.355 e. The van der Waals surface area contributed by atoms with E-state index >= 15 is 0 Å². The molecule has 0 saturated heterocycles. The minimum Gasteiger partial charge on any atom is -0.476 e. The number of aromatic nitrogens is 1. The zero-order valence-electron chi connectivity index (χ0n) is 12.0. The number of benzene rings is 1. The first-order valence-corrected chi connectivity index (χ1v) is 7.53. The summed E-state index contributed by atoms with van der Waals surface area (Å²) < 4.78 is 5.23. The Kier molecular flexibility index (Phi) is 5.62. The van der Waals surface area contributed by atoms with Crippen molar-refractivity contribution in [1.82, 2.24) is 10.3 Å². The molecule has 1 amide bonds. The molecule has 0 aliphatic carbocycles. The van der Waals surface area contributed by atoms with Gasteiger partial charge in [-0.2, -0.15) is 0 Å². The number of thiazole rings is 1. The van der Waals surface area contributed by atoms with E-state index in [-0.39, 0.29) is 11.6 Å². The molecule has 6 nitrogen and oxygen atoms in total. The van der Waals surface area contributed by atoms with Crippen molar-refractivity contribution in [3.8, 4) is 0 Å². The van der Waals surface area contributed by atoms with E-state index in [9.17, 15) is 9.59 Å². The Labute approximate surface area is 131 Å². The standard InChI is InChI=1S/C15H16N2O4S/c1-21-13(10-5-3-2-4-6-10)14(18)16-8-7-12-17-11(9-22-12)15(19)20/h2-6,9,13H,7-8H2,1H3,(H,16,18)(H,19,20). The highest BCUT2D eigenvalue weighted by molar-refractivity contribution is 7.09. The summed E-state index contributed by atoms with van der Waals surface area (Å²) in [5.74, 6) is -1.28. The number of aromatic carboxylic acids is 1. The molecule has 1 unspecified atom stereocenters. The molecule has 1 atom stereocenters. The maximum absolute atomic E-state index is 12.1. The first kappa shape index (κ1) is 16.1. The smallest absolute Gasteiger partial charge is 0.355 e. The van der Waals surface area contributed by atoms with Crippen molar-refractivity contribution in [2.45, 2.75) is 12.5 Å². The molecule has 0 aliphatic heterocycles. The monoisotopic (exact) mass is 320 g/mol. The number of amides is 1. The number of methoxy groups -OCH3 is 1. The largest absolute Gasteiger partial charge is 0.476 e. The summed E-state index contributed by atoms with van der Waals surface area (Å²) in [6, 6.07) is 9.22. The molecule has 0 bridgehead atoms. The van der Waals surface area contributed by atoms with E-state index in [0.29, 0.717) is 18.0 Å². The molecule has 1 heterocycles. The number of hydrogen-bond donors (Lipinski definition) is 2. The normalized spacial score (nSPS) is 11.9. The van der Waals surface area contributed by atoms with Gasteiger partial charge in [0.15, 0.2) is 11.8 Å². The van der Waals surface area contributed by atoms with Gasteiger partial charge in [-0.15, -0.1) is 11.3 Å². The molecule has 7 heteroatoms. The van der Waals surface area contributed by atoms with Crippen LogP contribution < -0.4 is 5.32 Å². The molecule has 1 aromatic heterocycles. The van der Waals surface area contributed by atoms with Gasteiger partial charge in [-0.3, -0.25) is 4.79 Å². The summed E-state index contributed by atoms with van der Waals surface area (Å²) in [7, 11) is 1.48. The maximum atomic E-state index is 12.1. The van der Waals surface area contributed by atoms with Crippen LogP contribution in [0.1, 0.15) is 27.2 Å². The summed E-state index contributed by atoms with van der Waals surface area (Å²) in [5, 5.41) is 13.7. The van der Waals surface area contributed by atoms with Crippen molar-refractivity contribution in [2.75, 3.05) is 13.7 Å². The van der Waals surface area contributed by atoms with Crippen molar-refractivity contribution >= 4 is 23.2 Å². The van der Waals surface area contributed by atoms with E-state index < -0.39 is 12.1 Å². The molecular weight excluding hydrogens is 304 g/mol. The van der Waals surface area contributed by atoms with Crippen molar-refractivity contribution in [2.24, 2.45) is 0 Å². The fourth-order valence-corrected chi connectivity index (χ4v) is 2.70. The van der Waals surface area contributed by atoms with Gasteiger partial charge in [-0.05, 0) is 5.56 Å². The number of ether oxygens (including phenoxy) is 1. The number of nitrogens with zero attached hydrogens (tertiary/aromatic N) is 1. The average Bonchev–Trinajstić information content (AvgIpc) is 2.98. The highest BCUT2D eigenvalue weighted by Crippen LogP contribution is 2.16. The SMILES string of the molecule is COC(C(=O)NCCc1nc(C(=O)O)cs1)c1ccccc1. The lowest BCUT2D eigenvalue weighted by Crippen LogP contribution is -2.31. The molecular formula is C15H16N2O4S. The summed E-state index contributed by atoms with van der Waals surface area (Å²) >= 11 is 1.27. The number of nitrogens with one attached hydrogen (secondary N) is 1. The minimum atomic E-state index is -1.05. The van der Waals surface area contributed by atoms with Gasteiger partial charge in [0.05, 0.1) is 5.01 Å². The summed E-state index contributed by atoms with van der Waals surface area (Å²) in [6.45, 7) is 0.373. The van der Waals surface area contributed by atoms with Gasteiger partial charge in [-0.1, -0.05) is 30.3 Å². The lowest BCUT2D eigenvalue weighted by atomic mass is 10.1. The third-order valence-corrected chi connectivity index (χ3v) is 3.89. The second-order valence-corrected chi connectivity index (χ2v) is 5.44. The third-order valence-electron chi connectivity index (χ3n) is 2.99. The van der Waals surface area contributed by atoms with E-state index in [0.717, 1.165) is 5.56 Å². The molecule has 0 fully saturated rings. The Morgan fingerprint density at radius 3 is 2.68 bits per heavy atom. The molecule has 0 radical (unpaired) electrons. The van der Waals surface area contributed by atoms with E-state index in [2.05, 4.69) is 10.3 Å². The molecule has 116 valence electrons. The average molecular weight is 320 g/mol. The van der Waals surface area contributed by atoms with Crippen LogP contribution in [-0.2, 0) is 16.0 Å². The molecule has 2 N–H and O–H groups in total. The topological polar surface area (TPSA) is 88.5 Å². The van der Waals surface area contributed by atoms with E-state index in [1.165, 1.54) is 23.8 Å². The van der Waals surface area contributed by atoms with Crippen LogP contribution in [0.3, 0.4) is 0 Å². The Bertz CT molecular complexity index is 642. The number of carboxylic acids is 1. The molecule has 22 heavy (non-hydrogen) atoms. The lowest BCUT2D eigenvalue weighted by molar-refractivity contribution is -0.131. The Morgan fingerprint density at radius 1 is 1.36 bits per heavy atom. The van der Waals surface area contributed by atoms with Gasteiger partial charge in [0.1, 0.15) is 0 Å². The predicted octanol–water partition coefficient (Wildman–Crippen LogP) is 1.89. The number of rotatable bonds is 7. The van der Waals surface area contributed by atoms with Gasteiger partial charge in [0, 0.05) is 25.5 Å². The van der Waals surface area contributed by atoms with E-state index in [4.69, 9.17) is 9.84 Å². The van der Waals surface area contributed by atoms with Gasteiger partial charge in [-0.25, -0.2) is 9.78 Å². The van der Waals surface area contributed by atoms with Crippen molar-refractivity contribution in [3.05, 3.63) is 52.0 Å². The van der Waals surface area contributed by atoms with Gasteiger partial charge >= 0.3 is 5.97 Å². The van der Waals surface area contributed by atoms with Crippen LogP contribution in [0.4, 0.5) is 0 Å². The van der Waals surface area contributed by atoms with Crippen LogP contribution in [-0.4, -0.2) is 35.6 Å². The van der Waals surface area contributed by atoms with Crippen LogP contribution >= 0.6 is 11.3 Å². The van der Waals surface area contributed by atoms with Gasteiger partial charge in [0.2, 0.25) is 0 Å². The quantitative estimate of drug-likeness (QED) is 0.813. The fraction of sp³-hybridized carbons (Fsp3) is 0.267. The van der Waals surface area contributed by atoms with Crippen molar-refractivity contribution in [1.29, 1.82) is 0 Å². The first-order chi connectivity index (χ1) is 10.6. The first-order valence-electron chi connectivity index (χ1n) is 6.65. The number of carbonyl (C=O) groups is 2. The molecule has 2 rings (SSSR count). The van der Waals surface area contributed by atoms with Crippen LogP contribution in [0.25, 0.3) is 0 Å². The van der Waals surface area contributed by atoms with Crippen LogP contribution in [0, 0.1) is 0 Å². The number of carbonyl (C=O) groups excluding carboxylic acids is 1. The van der Waals surface area contributed by atoms with E-state index in [1.807, 2.05) is 30.3 Å². The molecule has 2 aromatic rings. The zero-order chi connectivity index (χ0) is 15.9. The Morgan fingerprint density at radius 2 is 2.09 bits per heavy atom. The highest BCUT2D eigenvalue weighted by Gasteiger charge is 2.19.